The Morgan fingerprint density at radius 1 is 0.892 bits per heavy atom. The summed E-state index contributed by atoms with van der Waals surface area (Å²) in [7, 11) is 0. The number of aromatic nitrogens is 2. The van der Waals surface area contributed by atoms with Crippen LogP contribution < -0.4 is 4.90 Å². The normalized spacial score (nSPS) is 14.5. The molecule has 1 saturated heterocycles. The molecule has 0 saturated carbocycles. The summed E-state index contributed by atoms with van der Waals surface area (Å²) in [6.45, 7) is 3.05. The van der Waals surface area contributed by atoms with Gasteiger partial charge in [-0.05, 0) is 35.5 Å². The van der Waals surface area contributed by atoms with Crippen molar-refractivity contribution in [2.24, 2.45) is 0 Å². The third kappa shape index (κ3) is 5.76. The smallest absolute Gasteiger partial charge is 0.330 e. The maximum Gasteiger partial charge on any atom is 0.330 e. The Morgan fingerprint density at radius 3 is 2.19 bits per heavy atom. The number of benzene rings is 3. The minimum atomic E-state index is -1.17. The van der Waals surface area contributed by atoms with Crippen LogP contribution >= 0.6 is 0 Å². The maximum atomic E-state index is 13.0. The summed E-state index contributed by atoms with van der Waals surface area (Å²) in [5, 5.41) is 10.0. The van der Waals surface area contributed by atoms with Crippen LogP contribution in [0.2, 0.25) is 0 Å². The van der Waals surface area contributed by atoms with Crippen LogP contribution in [0.4, 0.5) is 5.82 Å². The maximum absolute atomic E-state index is 13.0. The summed E-state index contributed by atoms with van der Waals surface area (Å²) in [5.74, 6) is -1.23. The van der Waals surface area contributed by atoms with Gasteiger partial charge in [0.2, 0.25) is 0 Å². The van der Waals surface area contributed by atoms with Gasteiger partial charge in [-0.3, -0.25) is 4.79 Å². The first-order valence-electron chi connectivity index (χ1n) is 12.3. The van der Waals surface area contributed by atoms with E-state index in [-0.39, 0.29) is 6.61 Å². The van der Waals surface area contributed by atoms with E-state index >= 15 is 0 Å². The molecule has 0 amide bonds. The summed E-state index contributed by atoms with van der Waals surface area (Å²) in [5.41, 5.74) is 3.71. The van der Waals surface area contributed by atoms with E-state index in [9.17, 15) is 10.1 Å². The molecule has 1 fully saturated rings. The van der Waals surface area contributed by atoms with Crippen LogP contribution in [0.25, 0.3) is 17.1 Å². The molecule has 1 aromatic heterocycles. The average molecular weight is 490 g/mol. The molecule has 0 N–H and O–H groups in total. The van der Waals surface area contributed by atoms with Gasteiger partial charge in [0.25, 0.3) is 0 Å². The molecule has 2 heterocycles. The van der Waals surface area contributed by atoms with E-state index < -0.39 is 11.9 Å². The number of ether oxygens (including phenoxy) is 1. The third-order valence-corrected chi connectivity index (χ3v) is 6.33. The van der Waals surface area contributed by atoms with Crippen molar-refractivity contribution in [3.05, 3.63) is 108 Å². The van der Waals surface area contributed by atoms with Gasteiger partial charge < -0.3 is 14.5 Å². The average Bonchev–Trinajstić information content (AvgIpc) is 2.96. The monoisotopic (exact) mass is 489 g/mol. The highest BCUT2D eigenvalue weighted by Crippen LogP contribution is 2.29. The highest BCUT2D eigenvalue weighted by Gasteiger charge is 2.31. The first-order valence-corrected chi connectivity index (χ1v) is 12.3. The van der Waals surface area contributed by atoms with Crippen molar-refractivity contribution in [2.75, 3.05) is 31.1 Å². The molecular weight excluding hydrogens is 462 g/mol. The molecule has 1 aliphatic rings. The fourth-order valence-corrected chi connectivity index (χ4v) is 4.31. The van der Waals surface area contributed by atoms with Crippen molar-refractivity contribution in [3.8, 4) is 6.07 Å². The molecule has 1 unspecified atom stereocenters. The van der Waals surface area contributed by atoms with E-state index in [1.807, 2.05) is 72.8 Å². The highest BCUT2D eigenvalue weighted by atomic mass is 16.5. The van der Waals surface area contributed by atoms with E-state index in [1.54, 1.807) is 0 Å². The van der Waals surface area contributed by atoms with E-state index in [2.05, 4.69) is 40.3 Å². The van der Waals surface area contributed by atoms with E-state index in [4.69, 9.17) is 14.7 Å². The summed E-state index contributed by atoms with van der Waals surface area (Å²) in [6.07, 6.45) is 4.21. The second-order valence-corrected chi connectivity index (χ2v) is 8.83. The van der Waals surface area contributed by atoms with Crippen LogP contribution in [0.15, 0.2) is 91.1 Å². The predicted octanol–water partition coefficient (Wildman–Crippen LogP) is 4.77. The zero-order valence-corrected chi connectivity index (χ0v) is 20.4. The minimum absolute atomic E-state index is 0.0978. The van der Waals surface area contributed by atoms with Crippen LogP contribution in [-0.4, -0.2) is 47.0 Å². The second kappa shape index (κ2) is 11.4. The van der Waals surface area contributed by atoms with Crippen LogP contribution in [0.5, 0.6) is 0 Å². The van der Waals surface area contributed by atoms with Gasteiger partial charge in [0.15, 0.2) is 11.7 Å². The van der Waals surface area contributed by atoms with Crippen molar-refractivity contribution in [2.45, 2.75) is 12.5 Å². The van der Waals surface area contributed by atoms with Gasteiger partial charge in [-0.25, -0.2) is 9.97 Å². The lowest BCUT2D eigenvalue weighted by Crippen LogP contribution is -2.45. The Kier molecular flexibility index (Phi) is 7.37. The van der Waals surface area contributed by atoms with Gasteiger partial charge in [0.1, 0.15) is 12.3 Å². The van der Waals surface area contributed by atoms with Crippen molar-refractivity contribution in [3.63, 3.8) is 0 Å². The van der Waals surface area contributed by atoms with E-state index in [0.29, 0.717) is 30.1 Å². The molecule has 37 heavy (non-hydrogen) atoms. The molecule has 7 heteroatoms. The molecule has 0 radical (unpaired) electrons. The molecule has 4 aromatic rings. The van der Waals surface area contributed by atoms with Crippen LogP contribution in [0, 0.1) is 11.3 Å². The van der Waals surface area contributed by atoms with Crippen molar-refractivity contribution in [1.29, 1.82) is 5.26 Å². The number of piperazine rings is 1. The van der Waals surface area contributed by atoms with Crippen LogP contribution in [0.1, 0.15) is 22.7 Å². The van der Waals surface area contributed by atoms with Gasteiger partial charge >= 0.3 is 5.97 Å². The number of hydrogen-bond donors (Lipinski definition) is 0. The summed E-state index contributed by atoms with van der Waals surface area (Å²) < 4.78 is 5.52. The van der Waals surface area contributed by atoms with Gasteiger partial charge in [0.05, 0.1) is 17.1 Å². The van der Waals surface area contributed by atoms with E-state index in [1.165, 1.54) is 0 Å². The number of carbonyl (C=O) groups excluding carboxylic acids is 1. The first kappa shape index (κ1) is 24.0. The SMILES string of the molecule is N#CC(C(=O)OCc1ccccc1)c1nc2ccccc2nc1N1CCN(C=Cc2ccccc2)CC1. The standard InChI is InChI=1S/C30H27N5O2/c31-21-25(30(36)37-22-24-11-5-2-6-12-24)28-29(33-27-14-8-7-13-26(27)32-28)35-19-17-34(18-20-35)16-15-23-9-3-1-4-10-23/h1-16,25H,17-20,22H2. The largest absolute Gasteiger partial charge is 0.460 e. The fraction of sp³-hybridized carbons (Fsp3) is 0.200. The number of fused-ring (bicyclic) bond motifs is 1. The molecule has 1 atom stereocenters. The number of carbonyl (C=O) groups is 1. The lowest BCUT2D eigenvalue weighted by atomic mass is 10.1. The Labute approximate surface area is 216 Å². The lowest BCUT2D eigenvalue weighted by molar-refractivity contribution is -0.145. The molecule has 7 nitrogen and oxygen atoms in total. The van der Waals surface area contributed by atoms with Gasteiger partial charge in [-0.15, -0.1) is 0 Å². The Balaban J connectivity index is 1.36. The minimum Gasteiger partial charge on any atom is -0.460 e. The van der Waals surface area contributed by atoms with Crippen molar-refractivity contribution < 1.29 is 9.53 Å². The fourth-order valence-electron chi connectivity index (χ4n) is 4.31. The zero-order chi connectivity index (χ0) is 25.5. The summed E-state index contributed by atoms with van der Waals surface area (Å²) in [4.78, 5) is 27.0. The van der Waals surface area contributed by atoms with Crippen molar-refractivity contribution >= 4 is 28.9 Å². The molecule has 3 aromatic carbocycles. The molecule has 0 spiro atoms. The van der Waals surface area contributed by atoms with Gasteiger partial charge in [-0.1, -0.05) is 72.8 Å². The second-order valence-electron chi connectivity index (χ2n) is 8.83. The van der Waals surface area contributed by atoms with Gasteiger partial charge in [0, 0.05) is 26.2 Å². The number of anilines is 1. The molecule has 0 aliphatic carbocycles. The number of nitriles is 1. The molecule has 5 rings (SSSR count). The summed E-state index contributed by atoms with van der Waals surface area (Å²) in [6, 6.07) is 29.2. The Hall–Kier alpha value is -4.70. The van der Waals surface area contributed by atoms with Crippen LogP contribution in [0.3, 0.4) is 0 Å². The molecular formula is C30H27N5O2. The third-order valence-electron chi connectivity index (χ3n) is 6.33. The number of rotatable bonds is 7. The number of para-hydroxylation sites is 2. The number of hydrogen-bond acceptors (Lipinski definition) is 7. The first-order chi connectivity index (χ1) is 18.2. The van der Waals surface area contributed by atoms with E-state index in [0.717, 1.165) is 29.7 Å². The predicted molar refractivity (Wildman–Crippen MR) is 143 cm³/mol. The van der Waals surface area contributed by atoms with Crippen molar-refractivity contribution in [1.82, 2.24) is 14.9 Å². The molecule has 0 bridgehead atoms. The lowest BCUT2D eigenvalue weighted by Gasteiger charge is -2.35. The van der Waals surface area contributed by atoms with Crippen LogP contribution in [-0.2, 0) is 16.1 Å². The van der Waals surface area contributed by atoms with Gasteiger partial charge in [-0.2, -0.15) is 5.26 Å². The Morgan fingerprint density at radius 2 is 1.51 bits per heavy atom. The highest BCUT2D eigenvalue weighted by molar-refractivity contribution is 5.85. The molecule has 1 aliphatic heterocycles. The zero-order valence-electron chi connectivity index (χ0n) is 20.4. The number of nitrogens with zero attached hydrogens (tertiary/aromatic N) is 5. The Bertz CT molecular complexity index is 1430. The quantitative estimate of drug-likeness (QED) is 0.346. The summed E-state index contributed by atoms with van der Waals surface area (Å²) >= 11 is 0. The topological polar surface area (TPSA) is 82.3 Å². The molecule has 184 valence electrons. The number of esters is 1.